The number of halogens is 3. The topological polar surface area (TPSA) is 23.5 Å². The highest BCUT2D eigenvalue weighted by molar-refractivity contribution is 5.31. The molecule has 2 atom stereocenters. The molecule has 0 radical (unpaired) electrons. The van der Waals surface area contributed by atoms with Crippen molar-refractivity contribution in [3.63, 3.8) is 0 Å². The predicted molar refractivity (Wildman–Crippen MR) is 75.9 cm³/mol. The Kier molecular flexibility index (Phi) is 4.63. The Morgan fingerprint density at radius 2 is 2.00 bits per heavy atom. The van der Waals surface area contributed by atoms with Gasteiger partial charge in [0.1, 0.15) is 0 Å². The molecule has 0 saturated heterocycles. The van der Waals surface area contributed by atoms with Gasteiger partial charge in [-0.25, -0.2) is 0 Å². The van der Waals surface area contributed by atoms with Crippen molar-refractivity contribution in [2.45, 2.75) is 37.5 Å². The average molecular weight is 301 g/mol. The maximum atomic E-state index is 12.9. The van der Waals surface area contributed by atoms with Crippen molar-refractivity contribution in [3.05, 3.63) is 35.4 Å². The molecule has 0 aromatic heterocycles. The summed E-state index contributed by atoms with van der Waals surface area (Å²) in [7, 11) is 3.84. The summed E-state index contributed by atoms with van der Waals surface area (Å²) in [5, 5.41) is 11.0. The first-order chi connectivity index (χ1) is 9.73. The number of benzene rings is 1. The highest BCUT2D eigenvalue weighted by atomic mass is 19.4. The van der Waals surface area contributed by atoms with E-state index in [1.54, 1.807) is 6.07 Å². The lowest BCUT2D eigenvalue weighted by molar-refractivity contribution is -0.138. The molecule has 1 saturated carbocycles. The van der Waals surface area contributed by atoms with Gasteiger partial charge in [0.15, 0.2) is 0 Å². The van der Waals surface area contributed by atoms with E-state index in [9.17, 15) is 18.3 Å². The largest absolute Gasteiger partial charge is 0.416 e. The molecule has 1 N–H and O–H groups in total. The summed E-state index contributed by atoms with van der Waals surface area (Å²) < 4.78 is 38.6. The van der Waals surface area contributed by atoms with Crippen LogP contribution >= 0.6 is 0 Å². The lowest BCUT2D eigenvalue weighted by atomic mass is 9.71. The Morgan fingerprint density at radius 3 is 2.62 bits per heavy atom. The van der Waals surface area contributed by atoms with E-state index in [1.807, 2.05) is 19.0 Å². The summed E-state index contributed by atoms with van der Waals surface area (Å²) in [6, 6.07) is 5.16. The first kappa shape index (κ1) is 16.3. The summed E-state index contributed by atoms with van der Waals surface area (Å²) in [6.07, 6.45) is -1.16. The molecule has 1 aliphatic carbocycles. The standard InChI is InChI=1S/C16H22F3NO/c1-20(2)11-14-6-3-4-9-15(14,21)12-7-5-8-13(10-12)16(17,18)19/h5,7-8,10,14,21H,3-4,6,9,11H2,1-2H3. The molecule has 0 spiro atoms. The summed E-state index contributed by atoms with van der Waals surface area (Å²) in [5.41, 5.74) is -1.46. The van der Waals surface area contributed by atoms with Crippen molar-refractivity contribution < 1.29 is 18.3 Å². The summed E-state index contributed by atoms with van der Waals surface area (Å²) >= 11 is 0. The number of rotatable bonds is 3. The lowest BCUT2D eigenvalue weighted by Gasteiger charge is -2.42. The first-order valence-corrected chi connectivity index (χ1v) is 7.28. The number of nitrogens with zero attached hydrogens (tertiary/aromatic N) is 1. The fourth-order valence-corrected chi connectivity index (χ4v) is 3.26. The number of aliphatic hydroxyl groups is 1. The third-order valence-corrected chi connectivity index (χ3v) is 4.31. The Balaban J connectivity index is 2.36. The molecule has 0 amide bonds. The van der Waals surface area contributed by atoms with Gasteiger partial charge in [-0.3, -0.25) is 0 Å². The van der Waals surface area contributed by atoms with Crippen LogP contribution in [0.15, 0.2) is 24.3 Å². The first-order valence-electron chi connectivity index (χ1n) is 7.28. The van der Waals surface area contributed by atoms with Gasteiger partial charge in [-0.05, 0) is 44.6 Å². The molecule has 5 heteroatoms. The number of hydrogen-bond donors (Lipinski definition) is 1. The molecule has 21 heavy (non-hydrogen) atoms. The van der Waals surface area contributed by atoms with E-state index in [-0.39, 0.29) is 5.92 Å². The highest BCUT2D eigenvalue weighted by Gasteiger charge is 2.41. The molecule has 1 aromatic rings. The predicted octanol–water partition coefficient (Wildman–Crippen LogP) is 3.64. The summed E-state index contributed by atoms with van der Waals surface area (Å²) in [6.45, 7) is 0.673. The molecule has 1 aliphatic rings. The second kappa shape index (κ2) is 5.97. The van der Waals surface area contributed by atoms with Gasteiger partial charge in [-0.1, -0.05) is 25.0 Å². The van der Waals surface area contributed by atoms with Gasteiger partial charge in [-0.2, -0.15) is 13.2 Å². The zero-order valence-corrected chi connectivity index (χ0v) is 12.5. The monoisotopic (exact) mass is 301 g/mol. The zero-order valence-electron chi connectivity index (χ0n) is 12.5. The van der Waals surface area contributed by atoms with Crippen LogP contribution in [0.5, 0.6) is 0 Å². The van der Waals surface area contributed by atoms with E-state index in [4.69, 9.17) is 0 Å². The zero-order chi connectivity index (χ0) is 15.7. The number of alkyl halides is 3. The van der Waals surface area contributed by atoms with Crippen LogP contribution in [0.1, 0.15) is 36.8 Å². The maximum Gasteiger partial charge on any atom is 0.416 e. The van der Waals surface area contributed by atoms with E-state index in [1.165, 1.54) is 6.07 Å². The van der Waals surface area contributed by atoms with Crippen molar-refractivity contribution >= 4 is 0 Å². The minimum Gasteiger partial charge on any atom is -0.385 e. The van der Waals surface area contributed by atoms with Crippen molar-refractivity contribution in [2.24, 2.45) is 5.92 Å². The van der Waals surface area contributed by atoms with Crippen molar-refractivity contribution in [1.29, 1.82) is 0 Å². The lowest BCUT2D eigenvalue weighted by Crippen LogP contribution is -2.43. The van der Waals surface area contributed by atoms with E-state index >= 15 is 0 Å². The fourth-order valence-electron chi connectivity index (χ4n) is 3.26. The fraction of sp³-hybridized carbons (Fsp3) is 0.625. The van der Waals surface area contributed by atoms with E-state index in [0.717, 1.165) is 31.4 Å². The van der Waals surface area contributed by atoms with Crippen molar-refractivity contribution in [2.75, 3.05) is 20.6 Å². The molecule has 1 fully saturated rings. The normalized spacial score (nSPS) is 27.1. The van der Waals surface area contributed by atoms with E-state index < -0.39 is 17.3 Å². The SMILES string of the molecule is CN(C)CC1CCCCC1(O)c1cccc(C(F)(F)F)c1. The minimum absolute atomic E-state index is 0.0373. The van der Waals surface area contributed by atoms with Gasteiger partial charge < -0.3 is 10.0 Å². The molecule has 118 valence electrons. The molecule has 2 nitrogen and oxygen atoms in total. The molecule has 2 rings (SSSR count). The third kappa shape index (κ3) is 3.58. The minimum atomic E-state index is -4.38. The molecular formula is C16H22F3NO. The third-order valence-electron chi connectivity index (χ3n) is 4.31. The van der Waals surface area contributed by atoms with Gasteiger partial charge >= 0.3 is 6.18 Å². The second-order valence-corrected chi connectivity index (χ2v) is 6.21. The molecule has 1 aromatic carbocycles. The Labute approximate surface area is 123 Å². The quantitative estimate of drug-likeness (QED) is 0.921. The van der Waals surface area contributed by atoms with Crippen LogP contribution in [0.2, 0.25) is 0 Å². The van der Waals surface area contributed by atoms with Crippen LogP contribution in [-0.4, -0.2) is 30.6 Å². The van der Waals surface area contributed by atoms with Gasteiger partial charge in [0.2, 0.25) is 0 Å². The van der Waals surface area contributed by atoms with Gasteiger partial charge in [0.25, 0.3) is 0 Å². The van der Waals surface area contributed by atoms with Gasteiger partial charge in [-0.15, -0.1) is 0 Å². The molecule has 0 aliphatic heterocycles. The summed E-state index contributed by atoms with van der Waals surface area (Å²) in [4.78, 5) is 1.98. The van der Waals surface area contributed by atoms with Crippen LogP contribution in [-0.2, 0) is 11.8 Å². The second-order valence-electron chi connectivity index (χ2n) is 6.21. The highest BCUT2D eigenvalue weighted by Crippen LogP contribution is 2.43. The summed E-state index contributed by atoms with van der Waals surface area (Å²) in [5.74, 6) is -0.0373. The van der Waals surface area contributed by atoms with Crippen LogP contribution in [0, 0.1) is 5.92 Å². The van der Waals surface area contributed by atoms with Crippen LogP contribution in [0.3, 0.4) is 0 Å². The number of hydrogen-bond acceptors (Lipinski definition) is 2. The van der Waals surface area contributed by atoms with Gasteiger partial charge in [0.05, 0.1) is 11.2 Å². The van der Waals surface area contributed by atoms with Crippen LogP contribution < -0.4 is 0 Å². The van der Waals surface area contributed by atoms with Crippen LogP contribution in [0.25, 0.3) is 0 Å². The molecule has 2 unspecified atom stereocenters. The molecule has 0 bridgehead atoms. The Bertz CT molecular complexity index is 487. The molecule has 0 heterocycles. The van der Waals surface area contributed by atoms with Crippen molar-refractivity contribution in [1.82, 2.24) is 4.90 Å². The Hall–Kier alpha value is -1.07. The maximum absolute atomic E-state index is 12.9. The van der Waals surface area contributed by atoms with Crippen LogP contribution in [0.4, 0.5) is 13.2 Å². The molecular weight excluding hydrogens is 279 g/mol. The Morgan fingerprint density at radius 1 is 1.29 bits per heavy atom. The smallest absolute Gasteiger partial charge is 0.385 e. The van der Waals surface area contributed by atoms with Crippen molar-refractivity contribution in [3.8, 4) is 0 Å². The van der Waals surface area contributed by atoms with E-state index in [2.05, 4.69) is 0 Å². The van der Waals surface area contributed by atoms with Gasteiger partial charge in [0, 0.05) is 12.5 Å². The van der Waals surface area contributed by atoms with E-state index in [0.29, 0.717) is 18.5 Å². The average Bonchev–Trinajstić information content (AvgIpc) is 2.40.